The first kappa shape index (κ1) is 22.0. The van der Waals surface area contributed by atoms with Crippen LogP contribution in [0.5, 0.6) is 11.6 Å². The summed E-state index contributed by atoms with van der Waals surface area (Å²) in [4.78, 5) is 24.0. The van der Waals surface area contributed by atoms with Gasteiger partial charge < -0.3 is 14.6 Å². The molecule has 0 fully saturated rings. The van der Waals surface area contributed by atoms with Crippen LogP contribution < -0.4 is 4.74 Å². The van der Waals surface area contributed by atoms with E-state index in [2.05, 4.69) is 24.1 Å². The molecule has 8 nitrogen and oxygen atoms in total. The van der Waals surface area contributed by atoms with Gasteiger partial charge in [-0.25, -0.2) is 0 Å². The van der Waals surface area contributed by atoms with Crippen LogP contribution in [0.3, 0.4) is 0 Å². The maximum Gasteiger partial charge on any atom is 0.326 e. The third-order valence-corrected chi connectivity index (χ3v) is 4.68. The first-order valence-electron chi connectivity index (χ1n) is 10.0. The van der Waals surface area contributed by atoms with Gasteiger partial charge in [0.2, 0.25) is 5.88 Å². The molecule has 0 unspecified atom stereocenters. The number of rotatable bonds is 8. The van der Waals surface area contributed by atoms with Crippen LogP contribution >= 0.6 is 0 Å². The van der Waals surface area contributed by atoms with Crippen LogP contribution in [0.1, 0.15) is 32.3 Å². The van der Waals surface area contributed by atoms with Crippen LogP contribution in [0.2, 0.25) is 0 Å². The Labute approximate surface area is 180 Å². The van der Waals surface area contributed by atoms with Crippen LogP contribution in [0, 0.1) is 0 Å². The molecule has 0 aliphatic heterocycles. The lowest BCUT2D eigenvalue weighted by Crippen LogP contribution is -2.12. The summed E-state index contributed by atoms with van der Waals surface area (Å²) in [6.45, 7) is 5.67. The zero-order valence-electron chi connectivity index (χ0n) is 17.7. The summed E-state index contributed by atoms with van der Waals surface area (Å²) in [5.74, 6) is -0.398. The zero-order chi connectivity index (χ0) is 22.4. The van der Waals surface area contributed by atoms with Crippen LogP contribution in [-0.2, 0) is 20.9 Å². The van der Waals surface area contributed by atoms with E-state index in [1.807, 2.05) is 12.1 Å². The van der Waals surface area contributed by atoms with Crippen molar-refractivity contribution in [1.29, 1.82) is 0 Å². The predicted octanol–water partition coefficient (Wildman–Crippen LogP) is 4.72. The molecular weight excluding hydrogens is 398 g/mol. The lowest BCUT2D eigenvalue weighted by Gasteiger charge is -2.07. The molecule has 0 bridgehead atoms. The van der Waals surface area contributed by atoms with E-state index in [4.69, 9.17) is 9.47 Å². The molecule has 8 heteroatoms. The number of aromatic nitrogens is 1. The summed E-state index contributed by atoms with van der Waals surface area (Å²) >= 11 is 0. The van der Waals surface area contributed by atoms with E-state index < -0.39 is 11.9 Å². The Balaban J connectivity index is 1.73. The minimum atomic E-state index is -0.602. The number of ether oxygens (including phenoxy) is 2. The number of benzene rings is 2. The van der Waals surface area contributed by atoms with Crippen molar-refractivity contribution in [3.8, 4) is 11.6 Å². The second-order valence-electron chi connectivity index (χ2n) is 7.19. The Morgan fingerprint density at radius 1 is 1.10 bits per heavy atom. The monoisotopic (exact) mass is 423 g/mol. The molecule has 31 heavy (non-hydrogen) atoms. The van der Waals surface area contributed by atoms with Crippen LogP contribution in [-0.4, -0.2) is 34.8 Å². The Morgan fingerprint density at radius 3 is 2.48 bits per heavy atom. The third kappa shape index (κ3) is 5.28. The molecule has 1 N–H and O–H groups in total. The van der Waals surface area contributed by atoms with Gasteiger partial charge in [0.05, 0.1) is 12.1 Å². The molecule has 0 saturated heterocycles. The maximum atomic E-state index is 12.1. The number of carbonyl (C=O) groups excluding carboxylic acids is 2. The molecule has 0 atom stereocenters. The Bertz CT molecular complexity index is 1100. The van der Waals surface area contributed by atoms with Gasteiger partial charge in [0.15, 0.2) is 12.3 Å². The number of hydrogen-bond donors (Lipinski definition) is 1. The average molecular weight is 423 g/mol. The summed E-state index contributed by atoms with van der Waals surface area (Å²) < 4.78 is 11.8. The van der Waals surface area contributed by atoms with E-state index in [9.17, 15) is 14.7 Å². The topological polar surface area (TPSA) is 102 Å². The van der Waals surface area contributed by atoms with E-state index in [0.717, 1.165) is 0 Å². The molecule has 1 aromatic heterocycles. The lowest BCUT2D eigenvalue weighted by molar-refractivity contribution is -0.143. The Hall–Kier alpha value is -3.68. The maximum absolute atomic E-state index is 12.1. The van der Waals surface area contributed by atoms with E-state index in [1.165, 1.54) is 10.1 Å². The molecule has 162 valence electrons. The van der Waals surface area contributed by atoms with E-state index in [0.29, 0.717) is 22.6 Å². The van der Waals surface area contributed by atoms with Gasteiger partial charge in [-0.2, -0.15) is 0 Å². The number of esters is 1. The normalized spacial score (nSPS) is 11.4. The van der Waals surface area contributed by atoms with Crippen molar-refractivity contribution < 1.29 is 24.2 Å². The van der Waals surface area contributed by atoms with E-state index in [1.54, 1.807) is 43.3 Å². The van der Waals surface area contributed by atoms with Gasteiger partial charge in [-0.05, 0) is 36.6 Å². The number of fused-ring (bicyclic) bond motifs is 1. The van der Waals surface area contributed by atoms with Crippen LogP contribution in [0.25, 0.3) is 10.9 Å². The average Bonchev–Trinajstić information content (AvgIpc) is 3.02. The van der Waals surface area contributed by atoms with Gasteiger partial charge in [-0.1, -0.05) is 44.2 Å². The SMILES string of the molecule is CCOC(=O)Cn1c(O)c(N=NC(=O)COc2ccc(C(C)C)cc2)c2ccccc21. The molecule has 0 aliphatic rings. The second kappa shape index (κ2) is 9.88. The van der Waals surface area contributed by atoms with Gasteiger partial charge in [0, 0.05) is 5.39 Å². The Morgan fingerprint density at radius 2 is 1.81 bits per heavy atom. The highest BCUT2D eigenvalue weighted by Gasteiger charge is 2.19. The number of para-hydroxylation sites is 1. The van der Waals surface area contributed by atoms with Crippen molar-refractivity contribution in [3.63, 3.8) is 0 Å². The van der Waals surface area contributed by atoms with E-state index >= 15 is 0 Å². The van der Waals surface area contributed by atoms with Gasteiger partial charge in [-0.15, -0.1) is 10.2 Å². The minimum Gasteiger partial charge on any atom is -0.493 e. The lowest BCUT2D eigenvalue weighted by atomic mass is 10.0. The fourth-order valence-electron chi connectivity index (χ4n) is 3.09. The Kier molecular flexibility index (Phi) is 7.02. The summed E-state index contributed by atoms with van der Waals surface area (Å²) in [6.07, 6.45) is 0. The van der Waals surface area contributed by atoms with Crippen molar-refractivity contribution in [2.75, 3.05) is 13.2 Å². The summed E-state index contributed by atoms with van der Waals surface area (Å²) in [6, 6.07) is 14.5. The number of nitrogens with zero attached hydrogens (tertiary/aromatic N) is 3. The molecule has 1 heterocycles. The molecule has 2 aromatic carbocycles. The van der Waals surface area contributed by atoms with Crippen molar-refractivity contribution in [1.82, 2.24) is 4.57 Å². The van der Waals surface area contributed by atoms with Crippen LogP contribution in [0.15, 0.2) is 58.8 Å². The highest BCUT2D eigenvalue weighted by molar-refractivity contribution is 5.96. The van der Waals surface area contributed by atoms with Crippen molar-refractivity contribution in [3.05, 3.63) is 54.1 Å². The highest BCUT2D eigenvalue weighted by atomic mass is 16.5. The number of aromatic hydroxyl groups is 1. The highest BCUT2D eigenvalue weighted by Crippen LogP contribution is 2.38. The van der Waals surface area contributed by atoms with Crippen molar-refractivity contribution in [2.45, 2.75) is 33.2 Å². The smallest absolute Gasteiger partial charge is 0.326 e. The quantitative estimate of drug-likeness (QED) is 0.417. The molecule has 0 spiro atoms. The van der Waals surface area contributed by atoms with Gasteiger partial charge >= 0.3 is 11.9 Å². The van der Waals surface area contributed by atoms with Crippen molar-refractivity contribution in [2.24, 2.45) is 10.2 Å². The number of azo groups is 1. The molecule has 1 amide bonds. The largest absolute Gasteiger partial charge is 0.493 e. The molecule has 0 saturated carbocycles. The van der Waals surface area contributed by atoms with Crippen molar-refractivity contribution >= 4 is 28.5 Å². The minimum absolute atomic E-state index is 0.106. The molecule has 3 rings (SSSR count). The third-order valence-electron chi connectivity index (χ3n) is 4.68. The summed E-state index contributed by atoms with van der Waals surface area (Å²) in [7, 11) is 0. The second-order valence-corrected chi connectivity index (χ2v) is 7.19. The standard InChI is InChI=1S/C23H25N3O5/c1-4-30-21(28)13-26-19-8-6-5-7-18(19)22(23(26)29)25-24-20(27)14-31-17-11-9-16(10-12-17)15(2)3/h5-12,15,29H,4,13-14H2,1-3H3. The fourth-order valence-corrected chi connectivity index (χ4v) is 3.09. The summed E-state index contributed by atoms with van der Waals surface area (Å²) in [5.41, 5.74) is 1.86. The molecule has 3 aromatic rings. The zero-order valence-corrected chi connectivity index (χ0v) is 17.7. The number of amides is 1. The van der Waals surface area contributed by atoms with Gasteiger partial charge in [0.1, 0.15) is 12.3 Å². The van der Waals surface area contributed by atoms with E-state index in [-0.39, 0.29) is 31.3 Å². The first-order valence-corrected chi connectivity index (χ1v) is 10.0. The fraction of sp³-hybridized carbons (Fsp3) is 0.304. The summed E-state index contributed by atoms with van der Waals surface area (Å²) in [5, 5.41) is 18.7. The number of carbonyl (C=O) groups is 2. The number of hydrogen-bond acceptors (Lipinski definition) is 6. The van der Waals surface area contributed by atoms with Gasteiger partial charge in [-0.3, -0.25) is 14.2 Å². The molecule has 0 radical (unpaired) electrons. The molecular formula is C23H25N3O5. The molecule has 0 aliphatic carbocycles. The van der Waals surface area contributed by atoms with Crippen LogP contribution in [0.4, 0.5) is 5.69 Å². The van der Waals surface area contributed by atoms with Gasteiger partial charge in [0.25, 0.3) is 0 Å². The predicted molar refractivity (Wildman–Crippen MR) is 116 cm³/mol. The first-order chi connectivity index (χ1) is 14.9.